The van der Waals surface area contributed by atoms with Crippen LogP contribution in [0.3, 0.4) is 0 Å². The van der Waals surface area contributed by atoms with Crippen LogP contribution in [0.25, 0.3) is 0 Å². The summed E-state index contributed by atoms with van der Waals surface area (Å²) in [5.74, 6) is 0. The van der Waals surface area contributed by atoms with Gasteiger partial charge in [-0.1, -0.05) is 0 Å². The number of aromatic nitrogens is 1. The summed E-state index contributed by atoms with van der Waals surface area (Å²) in [5.41, 5.74) is -0.0382. The van der Waals surface area contributed by atoms with Crippen LogP contribution in [-0.2, 0) is 0 Å². The van der Waals surface area contributed by atoms with Crippen LogP contribution in [-0.4, -0.2) is 15.0 Å². The van der Waals surface area contributed by atoms with Gasteiger partial charge in [-0.2, -0.15) is 4.73 Å². The van der Waals surface area contributed by atoms with Gasteiger partial charge in [0.1, 0.15) is 0 Å². The van der Waals surface area contributed by atoms with E-state index in [0.29, 0.717) is 0 Å². The maximum Gasteiger partial charge on any atom is 0.182 e. The molecule has 4 nitrogen and oxygen atoms in total. The second-order valence-corrected chi connectivity index (χ2v) is 2.31. The molecule has 0 fully saturated rings. The third-order valence-corrected chi connectivity index (χ3v) is 1.36. The van der Waals surface area contributed by atoms with Crippen molar-refractivity contribution in [3.63, 3.8) is 0 Å². The maximum absolute atomic E-state index is 10.7. The Hall–Kier alpha value is -1.29. The molecule has 0 amide bonds. The van der Waals surface area contributed by atoms with E-state index in [1.807, 2.05) is 0 Å². The topological polar surface area (TPSA) is 62.5 Å². The molecule has 0 saturated heterocycles. The van der Waals surface area contributed by atoms with Crippen LogP contribution in [0, 0.1) is 0 Å². The molecule has 1 rings (SSSR count). The Morgan fingerprint density at radius 2 is 2.27 bits per heavy atom. The number of hydrogen-bond donors (Lipinski definition) is 2. The van der Waals surface area contributed by atoms with Crippen molar-refractivity contribution in [1.82, 2.24) is 4.73 Å². The molecule has 0 aliphatic rings. The van der Waals surface area contributed by atoms with Crippen LogP contribution in [0.4, 0.5) is 0 Å². The minimum absolute atomic E-state index is 0.192. The van der Waals surface area contributed by atoms with Gasteiger partial charge in [0, 0.05) is 18.3 Å². The van der Waals surface area contributed by atoms with Crippen molar-refractivity contribution in [2.24, 2.45) is 0 Å². The molecule has 0 aliphatic heterocycles. The lowest BCUT2D eigenvalue weighted by Crippen LogP contribution is -2.11. The van der Waals surface area contributed by atoms with Crippen LogP contribution < -0.4 is 5.43 Å². The summed E-state index contributed by atoms with van der Waals surface area (Å²) in [6.07, 6.45) is 0.360. The Bertz CT molecular complexity index is 303. The quantitative estimate of drug-likeness (QED) is 0.567. The molecule has 0 spiro atoms. The number of aliphatic hydroxyl groups excluding tert-OH is 1. The van der Waals surface area contributed by atoms with Gasteiger partial charge in [-0.3, -0.25) is 4.79 Å². The van der Waals surface area contributed by atoms with Gasteiger partial charge in [0.05, 0.1) is 11.8 Å². The second kappa shape index (κ2) is 2.75. The molecule has 1 aromatic heterocycles. The van der Waals surface area contributed by atoms with Crippen molar-refractivity contribution < 1.29 is 10.3 Å². The van der Waals surface area contributed by atoms with Crippen molar-refractivity contribution in [2.75, 3.05) is 0 Å². The number of nitrogens with zero attached hydrogens (tertiary/aromatic N) is 1. The monoisotopic (exact) mass is 155 g/mol. The number of pyridine rings is 1. The lowest BCUT2D eigenvalue weighted by atomic mass is 10.2. The largest absolute Gasteiger partial charge is 0.429 e. The molecule has 0 saturated carbocycles. The summed E-state index contributed by atoms with van der Waals surface area (Å²) in [5, 5.41) is 18.0. The van der Waals surface area contributed by atoms with Crippen molar-refractivity contribution in [3.8, 4) is 0 Å². The van der Waals surface area contributed by atoms with E-state index in [2.05, 4.69) is 0 Å². The standard InChI is InChI=1S/C7H9NO3/c1-5(9)7-4-6(10)2-3-8(7)11/h2-5,9,11H,1H3. The molecular formula is C7H9NO3. The summed E-state index contributed by atoms with van der Waals surface area (Å²) >= 11 is 0. The minimum Gasteiger partial charge on any atom is -0.429 e. The normalized spacial score (nSPS) is 12.9. The zero-order chi connectivity index (χ0) is 8.43. The second-order valence-electron chi connectivity index (χ2n) is 2.31. The summed E-state index contributed by atoms with van der Waals surface area (Å²) in [6, 6.07) is 2.40. The van der Waals surface area contributed by atoms with Crippen molar-refractivity contribution in [3.05, 3.63) is 34.2 Å². The van der Waals surface area contributed by atoms with Crippen LogP contribution >= 0.6 is 0 Å². The first-order valence-corrected chi connectivity index (χ1v) is 3.21. The number of hydrogen-bond acceptors (Lipinski definition) is 3. The van der Waals surface area contributed by atoms with Gasteiger partial charge < -0.3 is 10.3 Å². The number of rotatable bonds is 1. The zero-order valence-corrected chi connectivity index (χ0v) is 6.06. The highest BCUT2D eigenvalue weighted by atomic mass is 16.5. The van der Waals surface area contributed by atoms with Gasteiger partial charge in [-0.25, -0.2) is 0 Å². The van der Waals surface area contributed by atoms with Gasteiger partial charge in [0.2, 0.25) is 0 Å². The van der Waals surface area contributed by atoms with E-state index in [1.165, 1.54) is 25.3 Å². The van der Waals surface area contributed by atoms with E-state index in [9.17, 15) is 4.79 Å². The fourth-order valence-electron chi connectivity index (χ4n) is 0.802. The molecule has 0 radical (unpaired) electrons. The molecule has 0 bridgehead atoms. The Balaban J connectivity index is 3.23. The van der Waals surface area contributed by atoms with E-state index >= 15 is 0 Å². The molecule has 0 aliphatic carbocycles. The molecule has 1 aromatic rings. The summed E-state index contributed by atoms with van der Waals surface area (Å²) in [7, 11) is 0. The maximum atomic E-state index is 10.7. The molecule has 0 aromatic carbocycles. The molecule has 1 atom stereocenters. The minimum atomic E-state index is -0.839. The lowest BCUT2D eigenvalue weighted by Gasteiger charge is -2.07. The van der Waals surface area contributed by atoms with Crippen molar-refractivity contribution >= 4 is 0 Å². The molecule has 1 heterocycles. The SMILES string of the molecule is CC(O)c1cc(=O)ccn1O. The van der Waals surface area contributed by atoms with Crippen LogP contribution in [0.5, 0.6) is 0 Å². The zero-order valence-electron chi connectivity index (χ0n) is 6.06. The highest BCUT2D eigenvalue weighted by Crippen LogP contribution is 2.06. The van der Waals surface area contributed by atoms with E-state index in [1.54, 1.807) is 0 Å². The van der Waals surface area contributed by atoms with Gasteiger partial charge in [-0.05, 0) is 6.92 Å². The molecule has 60 valence electrons. The fourth-order valence-corrected chi connectivity index (χ4v) is 0.802. The molecule has 11 heavy (non-hydrogen) atoms. The van der Waals surface area contributed by atoms with Gasteiger partial charge in [0.25, 0.3) is 0 Å². The molecular weight excluding hydrogens is 146 g/mol. The van der Waals surface area contributed by atoms with E-state index < -0.39 is 6.10 Å². The first kappa shape index (κ1) is 7.81. The van der Waals surface area contributed by atoms with E-state index in [-0.39, 0.29) is 11.1 Å². The smallest absolute Gasteiger partial charge is 0.182 e. The van der Waals surface area contributed by atoms with Crippen molar-refractivity contribution in [2.45, 2.75) is 13.0 Å². The van der Waals surface area contributed by atoms with Crippen LogP contribution in [0.15, 0.2) is 23.1 Å². The Morgan fingerprint density at radius 3 is 2.73 bits per heavy atom. The molecule has 2 N–H and O–H groups in total. The Morgan fingerprint density at radius 1 is 1.64 bits per heavy atom. The Labute approximate surface area is 63.3 Å². The third kappa shape index (κ3) is 1.59. The van der Waals surface area contributed by atoms with Crippen molar-refractivity contribution in [1.29, 1.82) is 0 Å². The highest BCUT2D eigenvalue weighted by molar-refractivity contribution is 5.07. The fraction of sp³-hybridized carbons (Fsp3) is 0.286. The lowest BCUT2D eigenvalue weighted by molar-refractivity contribution is 0.122. The van der Waals surface area contributed by atoms with E-state index in [0.717, 1.165) is 4.73 Å². The van der Waals surface area contributed by atoms with Crippen LogP contribution in [0.2, 0.25) is 0 Å². The average molecular weight is 155 g/mol. The first-order valence-electron chi connectivity index (χ1n) is 3.21. The highest BCUT2D eigenvalue weighted by Gasteiger charge is 2.04. The third-order valence-electron chi connectivity index (χ3n) is 1.36. The van der Waals surface area contributed by atoms with Crippen LogP contribution in [0.1, 0.15) is 18.7 Å². The summed E-state index contributed by atoms with van der Waals surface area (Å²) in [6.45, 7) is 1.47. The summed E-state index contributed by atoms with van der Waals surface area (Å²) in [4.78, 5) is 10.7. The first-order chi connectivity index (χ1) is 5.11. The average Bonchev–Trinajstić information content (AvgIpc) is 1.94. The van der Waals surface area contributed by atoms with Gasteiger partial charge in [-0.15, -0.1) is 0 Å². The Kier molecular flexibility index (Phi) is 1.96. The number of aliphatic hydroxyl groups is 1. The van der Waals surface area contributed by atoms with Gasteiger partial charge >= 0.3 is 0 Å². The molecule has 4 heteroatoms. The van der Waals surface area contributed by atoms with E-state index in [4.69, 9.17) is 10.3 Å². The van der Waals surface area contributed by atoms with Gasteiger partial charge in [0.15, 0.2) is 5.43 Å². The predicted octanol–water partition coefficient (Wildman–Crippen LogP) is 0.139. The predicted molar refractivity (Wildman–Crippen MR) is 38.5 cm³/mol. The molecule has 1 unspecified atom stereocenters. The summed E-state index contributed by atoms with van der Waals surface area (Å²) < 4.78 is 0.728.